The summed E-state index contributed by atoms with van der Waals surface area (Å²) in [6, 6.07) is 13.9. The van der Waals surface area contributed by atoms with Crippen molar-refractivity contribution in [3.63, 3.8) is 0 Å². The Balaban J connectivity index is 1.61. The normalized spacial score (nSPS) is 10.1. The Morgan fingerprint density at radius 2 is 1.71 bits per heavy atom. The van der Waals surface area contributed by atoms with Crippen molar-refractivity contribution in [3.8, 4) is 0 Å². The zero-order chi connectivity index (χ0) is 14.9. The molecule has 5 heteroatoms. The Bertz CT molecular complexity index is 567. The molecule has 0 aliphatic rings. The summed E-state index contributed by atoms with van der Waals surface area (Å²) in [7, 11) is 0. The zero-order valence-corrected chi connectivity index (χ0v) is 12.5. The fourth-order valence-electron chi connectivity index (χ4n) is 1.88. The van der Waals surface area contributed by atoms with Crippen LogP contribution in [-0.2, 0) is 22.6 Å². The molecule has 1 aromatic heterocycles. The van der Waals surface area contributed by atoms with Gasteiger partial charge in [-0.3, -0.25) is 9.59 Å². The molecule has 110 valence electrons. The molecule has 0 aliphatic heterocycles. The summed E-state index contributed by atoms with van der Waals surface area (Å²) < 4.78 is 0. The van der Waals surface area contributed by atoms with E-state index in [4.69, 9.17) is 0 Å². The number of hydrogen-bond acceptors (Lipinski definition) is 3. The summed E-state index contributed by atoms with van der Waals surface area (Å²) in [5.41, 5.74) is 1.23. The highest BCUT2D eigenvalue weighted by molar-refractivity contribution is 7.09. The van der Waals surface area contributed by atoms with Crippen molar-refractivity contribution in [2.75, 3.05) is 6.54 Å². The van der Waals surface area contributed by atoms with Crippen LogP contribution >= 0.6 is 11.3 Å². The number of rotatable bonds is 6. The van der Waals surface area contributed by atoms with Gasteiger partial charge in [0, 0.05) is 11.4 Å². The van der Waals surface area contributed by atoms with E-state index in [0.717, 1.165) is 17.7 Å². The van der Waals surface area contributed by atoms with Gasteiger partial charge >= 0.3 is 11.8 Å². The van der Waals surface area contributed by atoms with Crippen LogP contribution in [0.25, 0.3) is 0 Å². The third-order valence-electron chi connectivity index (χ3n) is 2.98. The highest BCUT2D eigenvalue weighted by atomic mass is 32.1. The SMILES string of the molecule is O=C(NCCCc1ccccc1)C(=O)NCc1cccs1. The standard InChI is InChI=1S/C16H18N2O2S/c19-15(16(20)18-12-14-9-5-11-21-14)17-10-4-8-13-6-2-1-3-7-13/h1-3,5-7,9,11H,4,8,10,12H2,(H,17,19)(H,18,20). The van der Waals surface area contributed by atoms with E-state index in [9.17, 15) is 9.59 Å². The van der Waals surface area contributed by atoms with Crippen molar-refractivity contribution < 1.29 is 9.59 Å². The van der Waals surface area contributed by atoms with Crippen LogP contribution < -0.4 is 10.6 Å². The van der Waals surface area contributed by atoms with Gasteiger partial charge in [0.1, 0.15) is 0 Å². The van der Waals surface area contributed by atoms with Crippen molar-refractivity contribution in [1.29, 1.82) is 0 Å². The van der Waals surface area contributed by atoms with Gasteiger partial charge in [-0.05, 0) is 29.9 Å². The molecule has 21 heavy (non-hydrogen) atoms. The van der Waals surface area contributed by atoms with Crippen LogP contribution in [0, 0.1) is 0 Å². The van der Waals surface area contributed by atoms with Crippen LogP contribution in [0.15, 0.2) is 47.8 Å². The largest absolute Gasteiger partial charge is 0.348 e. The Hall–Kier alpha value is -2.14. The van der Waals surface area contributed by atoms with E-state index < -0.39 is 11.8 Å². The molecule has 0 bridgehead atoms. The third kappa shape index (κ3) is 5.39. The van der Waals surface area contributed by atoms with Gasteiger partial charge < -0.3 is 10.6 Å². The second-order valence-electron chi connectivity index (χ2n) is 4.61. The molecule has 2 N–H and O–H groups in total. The molecule has 0 aliphatic carbocycles. The van der Waals surface area contributed by atoms with Gasteiger partial charge in [0.05, 0.1) is 6.54 Å². The molecule has 0 saturated carbocycles. The smallest absolute Gasteiger partial charge is 0.309 e. The highest BCUT2D eigenvalue weighted by Crippen LogP contribution is 2.07. The number of carbonyl (C=O) groups is 2. The minimum Gasteiger partial charge on any atom is -0.348 e. The van der Waals surface area contributed by atoms with Gasteiger partial charge in [-0.1, -0.05) is 36.4 Å². The Kier molecular flexibility index (Phi) is 5.97. The quantitative estimate of drug-likeness (QED) is 0.634. The van der Waals surface area contributed by atoms with Gasteiger partial charge in [0.2, 0.25) is 0 Å². The number of thiophene rings is 1. The molecule has 0 saturated heterocycles. The van der Waals surface area contributed by atoms with Crippen LogP contribution in [-0.4, -0.2) is 18.4 Å². The van der Waals surface area contributed by atoms with Gasteiger partial charge in [-0.2, -0.15) is 0 Å². The second kappa shape index (κ2) is 8.21. The number of carbonyl (C=O) groups excluding carboxylic acids is 2. The van der Waals surface area contributed by atoms with E-state index in [1.54, 1.807) is 11.3 Å². The summed E-state index contributed by atoms with van der Waals surface area (Å²) in [6.45, 7) is 0.897. The summed E-state index contributed by atoms with van der Waals surface area (Å²) >= 11 is 1.55. The van der Waals surface area contributed by atoms with Crippen molar-refractivity contribution in [3.05, 3.63) is 58.3 Å². The average Bonchev–Trinajstić information content (AvgIpc) is 3.03. The molecular formula is C16H18N2O2S. The van der Waals surface area contributed by atoms with E-state index in [1.807, 2.05) is 35.7 Å². The van der Waals surface area contributed by atoms with Gasteiger partial charge in [0.15, 0.2) is 0 Å². The molecule has 0 atom stereocenters. The van der Waals surface area contributed by atoms with Crippen molar-refractivity contribution in [1.82, 2.24) is 10.6 Å². The van der Waals surface area contributed by atoms with E-state index in [1.165, 1.54) is 5.56 Å². The Morgan fingerprint density at radius 1 is 0.952 bits per heavy atom. The topological polar surface area (TPSA) is 58.2 Å². The molecule has 0 spiro atoms. The lowest BCUT2D eigenvalue weighted by atomic mass is 10.1. The highest BCUT2D eigenvalue weighted by Gasteiger charge is 2.12. The lowest BCUT2D eigenvalue weighted by molar-refractivity contribution is -0.139. The van der Waals surface area contributed by atoms with Gasteiger partial charge in [-0.25, -0.2) is 0 Å². The summed E-state index contributed by atoms with van der Waals surface area (Å²) in [4.78, 5) is 24.2. The lowest BCUT2D eigenvalue weighted by Crippen LogP contribution is -2.39. The molecule has 2 rings (SSSR count). The fraction of sp³-hybridized carbons (Fsp3) is 0.250. The van der Waals surface area contributed by atoms with Crippen molar-refractivity contribution in [2.45, 2.75) is 19.4 Å². The summed E-state index contributed by atoms with van der Waals surface area (Å²) in [5, 5.41) is 7.17. The number of benzene rings is 1. The van der Waals surface area contributed by atoms with Gasteiger partial charge in [-0.15, -0.1) is 11.3 Å². The van der Waals surface area contributed by atoms with E-state index >= 15 is 0 Å². The van der Waals surface area contributed by atoms with Crippen LogP contribution in [0.1, 0.15) is 16.9 Å². The number of hydrogen-bond donors (Lipinski definition) is 2. The van der Waals surface area contributed by atoms with Gasteiger partial charge in [0.25, 0.3) is 0 Å². The van der Waals surface area contributed by atoms with Crippen molar-refractivity contribution in [2.24, 2.45) is 0 Å². The number of nitrogens with one attached hydrogen (secondary N) is 2. The first kappa shape index (κ1) is 15.3. The first-order valence-corrected chi connectivity index (χ1v) is 7.76. The summed E-state index contributed by atoms with van der Waals surface area (Å²) in [6.07, 6.45) is 1.70. The van der Waals surface area contributed by atoms with E-state index in [2.05, 4.69) is 22.8 Å². The zero-order valence-electron chi connectivity index (χ0n) is 11.7. The maximum absolute atomic E-state index is 11.6. The van der Waals surface area contributed by atoms with Crippen LogP contribution in [0.4, 0.5) is 0 Å². The molecule has 0 fully saturated rings. The maximum atomic E-state index is 11.6. The molecule has 1 heterocycles. The van der Waals surface area contributed by atoms with E-state index in [0.29, 0.717) is 13.1 Å². The minimum absolute atomic E-state index is 0.397. The maximum Gasteiger partial charge on any atom is 0.309 e. The fourth-order valence-corrected chi connectivity index (χ4v) is 2.52. The van der Waals surface area contributed by atoms with Crippen LogP contribution in [0.2, 0.25) is 0 Å². The summed E-state index contributed by atoms with van der Waals surface area (Å²) in [5.74, 6) is -1.15. The minimum atomic E-state index is -0.580. The monoisotopic (exact) mass is 302 g/mol. The molecule has 2 aromatic rings. The molecule has 2 amide bonds. The predicted octanol–water partition coefficient (Wildman–Crippen LogP) is 2.11. The third-order valence-corrected chi connectivity index (χ3v) is 3.86. The molecule has 0 radical (unpaired) electrons. The average molecular weight is 302 g/mol. The van der Waals surface area contributed by atoms with E-state index in [-0.39, 0.29) is 0 Å². The number of aryl methyl sites for hydroxylation is 1. The predicted molar refractivity (Wildman–Crippen MR) is 83.9 cm³/mol. The molecule has 4 nitrogen and oxygen atoms in total. The number of amides is 2. The Labute approximate surface area is 128 Å². The van der Waals surface area contributed by atoms with Crippen molar-refractivity contribution >= 4 is 23.2 Å². The first-order valence-electron chi connectivity index (χ1n) is 6.88. The van der Waals surface area contributed by atoms with Crippen LogP contribution in [0.3, 0.4) is 0 Å². The molecule has 0 unspecified atom stereocenters. The Morgan fingerprint density at radius 3 is 2.43 bits per heavy atom. The second-order valence-corrected chi connectivity index (χ2v) is 5.64. The van der Waals surface area contributed by atoms with Crippen LogP contribution in [0.5, 0.6) is 0 Å². The lowest BCUT2D eigenvalue weighted by Gasteiger charge is -2.06. The molecular weight excluding hydrogens is 284 g/mol. The molecule has 1 aromatic carbocycles. The first-order chi connectivity index (χ1) is 10.3.